The summed E-state index contributed by atoms with van der Waals surface area (Å²) in [5.74, 6) is 0.0120. The van der Waals surface area contributed by atoms with Crippen molar-refractivity contribution in [1.82, 2.24) is 9.88 Å². The molecule has 150 valence electrons. The second-order valence-electron chi connectivity index (χ2n) is 6.82. The summed E-state index contributed by atoms with van der Waals surface area (Å²) in [7, 11) is 0. The Kier molecular flexibility index (Phi) is 7.98. The van der Waals surface area contributed by atoms with Gasteiger partial charge in [-0.25, -0.2) is 4.98 Å². The fourth-order valence-electron chi connectivity index (χ4n) is 3.05. The number of carbonyl (C=O) groups is 1. The van der Waals surface area contributed by atoms with Crippen LogP contribution in [0.1, 0.15) is 35.3 Å². The average Bonchev–Trinajstić information content (AvgIpc) is 3.08. The Hall–Kier alpha value is -1.95. The van der Waals surface area contributed by atoms with Crippen LogP contribution >= 0.6 is 23.7 Å². The summed E-state index contributed by atoms with van der Waals surface area (Å²) in [6, 6.07) is 14.0. The molecule has 0 saturated carbocycles. The lowest BCUT2D eigenvalue weighted by Crippen LogP contribution is -2.38. The second kappa shape index (κ2) is 10.0. The van der Waals surface area contributed by atoms with Crippen LogP contribution in [0.15, 0.2) is 42.5 Å². The molecule has 0 radical (unpaired) electrons. The molecule has 1 heterocycles. The highest BCUT2D eigenvalue weighted by Crippen LogP contribution is 2.30. The van der Waals surface area contributed by atoms with E-state index in [1.807, 2.05) is 42.2 Å². The Labute approximate surface area is 177 Å². The van der Waals surface area contributed by atoms with E-state index >= 15 is 0 Å². The minimum absolute atomic E-state index is 0. The van der Waals surface area contributed by atoms with Gasteiger partial charge in [0, 0.05) is 18.7 Å². The molecule has 3 rings (SSSR count). The summed E-state index contributed by atoms with van der Waals surface area (Å²) >= 11 is 1.59. The fourth-order valence-corrected chi connectivity index (χ4v) is 4.14. The van der Waals surface area contributed by atoms with E-state index in [1.165, 1.54) is 5.56 Å². The van der Waals surface area contributed by atoms with Gasteiger partial charge in [-0.15, -0.1) is 12.4 Å². The first-order chi connectivity index (χ1) is 13.0. The van der Waals surface area contributed by atoms with E-state index in [2.05, 4.69) is 37.8 Å². The number of likely N-dealkylation sites (N-methyl/N-ethyl adjacent to an activating group) is 1. The van der Waals surface area contributed by atoms with Crippen LogP contribution in [0, 0.1) is 13.8 Å². The molecular weight excluding hydrogens is 390 g/mol. The Morgan fingerprint density at radius 1 is 0.964 bits per heavy atom. The van der Waals surface area contributed by atoms with Crippen LogP contribution in [0.4, 0.5) is 5.13 Å². The minimum Gasteiger partial charge on any atom is -0.302 e. The highest BCUT2D eigenvalue weighted by molar-refractivity contribution is 7.22. The maximum absolute atomic E-state index is 13.3. The van der Waals surface area contributed by atoms with Gasteiger partial charge >= 0.3 is 0 Å². The van der Waals surface area contributed by atoms with E-state index in [-0.39, 0.29) is 18.3 Å². The van der Waals surface area contributed by atoms with Gasteiger partial charge in [0.2, 0.25) is 0 Å². The number of nitrogens with zero attached hydrogens (tertiary/aromatic N) is 3. The third-order valence-electron chi connectivity index (χ3n) is 4.84. The molecule has 0 bridgehead atoms. The van der Waals surface area contributed by atoms with Crippen molar-refractivity contribution in [2.45, 2.75) is 27.7 Å². The number of rotatable bonds is 7. The summed E-state index contributed by atoms with van der Waals surface area (Å²) in [6.45, 7) is 11.8. The maximum atomic E-state index is 13.3. The zero-order valence-corrected chi connectivity index (χ0v) is 18.6. The van der Waals surface area contributed by atoms with Gasteiger partial charge in [-0.1, -0.05) is 48.9 Å². The minimum atomic E-state index is 0. The molecule has 0 atom stereocenters. The highest BCUT2D eigenvalue weighted by atomic mass is 35.5. The number of hydrogen-bond acceptors (Lipinski definition) is 4. The summed E-state index contributed by atoms with van der Waals surface area (Å²) in [4.78, 5) is 22.2. The van der Waals surface area contributed by atoms with E-state index in [0.717, 1.165) is 40.5 Å². The Balaban J connectivity index is 0.00000280. The standard InChI is InChI=1S/C22H27N3OS.ClH/c1-5-24(6-2)13-14-25(21(26)18-10-7-16(3)8-11-18)22-23-19-12-9-17(4)15-20(19)27-22;/h7-12,15H,5-6,13-14H2,1-4H3;1H. The number of aryl methyl sites for hydroxylation is 2. The maximum Gasteiger partial charge on any atom is 0.260 e. The molecular formula is C22H28ClN3OS. The van der Waals surface area contributed by atoms with Crippen LogP contribution < -0.4 is 4.90 Å². The van der Waals surface area contributed by atoms with E-state index in [9.17, 15) is 4.79 Å². The third kappa shape index (κ3) is 5.10. The van der Waals surface area contributed by atoms with Crippen LogP contribution in [0.25, 0.3) is 10.2 Å². The van der Waals surface area contributed by atoms with Gasteiger partial charge in [-0.05, 0) is 56.8 Å². The predicted octanol–water partition coefficient (Wildman–Crippen LogP) is 5.32. The molecule has 0 spiro atoms. The Morgan fingerprint density at radius 3 is 2.25 bits per heavy atom. The summed E-state index contributed by atoms with van der Waals surface area (Å²) < 4.78 is 1.12. The van der Waals surface area contributed by atoms with Crippen molar-refractivity contribution in [2.75, 3.05) is 31.1 Å². The van der Waals surface area contributed by atoms with Crippen molar-refractivity contribution in [3.05, 3.63) is 59.2 Å². The zero-order valence-electron chi connectivity index (χ0n) is 16.9. The lowest BCUT2D eigenvalue weighted by molar-refractivity contribution is 0.0984. The smallest absolute Gasteiger partial charge is 0.260 e. The largest absolute Gasteiger partial charge is 0.302 e. The van der Waals surface area contributed by atoms with Crippen molar-refractivity contribution in [1.29, 1.82) is 0 Å². The van der Waals surface area contributed by atoms with Crippen molar-refractivity contribution in [2.24, 2.45) is 0 Å². The molecule has 0 aliphatic heterocycles. The van der Waals surface area contributed by atoms with Gasteiger partial charge in [0.15, 0.2) is 5.13 Å². The molecule has 28 heavy (non-hydrogen) atoms. The molecule has 0 aliphatic rings. The summed E-state index contributed by atoms with van der Waals surface area (Å²) in [5, 5.41) is 0.772. The number of halogens is 1. The molecule has 0 aliphatic carbocycles. The Bertz CT molecular complexity index is 919. The number of anilines is 1. The van der Waals surface area contributed by atoms with Gasteiger partial charge in [0.05, 0.1) is 10.2 Å². The topological polar surface area (TPSA) is 36.4 Å². The van der Waals surface area contributed by atoms with Crippen LogP contribution in [0.2, 0.25) is 0 Å². The number of carbonyl (C=O) groups excluding carboxylic acids is 1. The lowest BCUT2D eigenvalue weighted by atomic mass is 10.1. The van der Waals surface area contributed by atoms with Gasteiger partial charge in [-0.3, -0.25) is 9.69 Å². The number of fused-ring (bicyclic) bond motifs is 1. The van der Waals surface area contributed by atoms with Gasteiger partial charge in [0.25, 0.3) is 5.91 Å². The number of benzene rings is 2. The highest BCUT2D eigenvalue weighted by Gasteiger charge is 2.21. The van der Waals surface area contributed by atoms with Crippen LogP contribution in [0.3, 0.4) is 0 Å². The van der Waals surface area contributed by atoms with Crippen LogP contribution in [0.5, 0.6) is 0 Å². The van der Waals surface area contributed by atoms with E-state index in [1.54, 1.807) is 11.3 Å². The van der Waals surface area contributed by atoms with Crippen molar-refractivity contribution >= 4 is 45.0 Å². The first-order valence-corrected chi connectivity index (χ1v) is 10.3. The third-order valence-corrected chi connectivity index (χ3v) is 5.88. The van der Waals surface area contributed by atoms with E-state index < -0.39 is 0 Å². The van der Waals surface area contributed by atoms with Gasteiger partial charge in [0.1, 0.15) is 0 Å². The summed E-state index contributed by atoms with van der Waals surface area (Å²) in [5.41, 5.74) is 4.01. The monoisotopic (exact) mass is 417 g/mol. The van der Waals surface area contributed by atoms with E-state index in [0.29, 0.717) is 12.1 Å². The molecule has 0 unspecified atom stereocenters. The molecule has 0 N–H and O–H groups in total. The van der Waals surface area contributed by atoms with Crippen LogP contribution in [-0.4, -0.2) is 42.0 Å². The van der Waals surface area contributed by atoms with Gasteiger partial charge < -0.3 is 4.90 Å². The molecule has 2 aromatic carbocycles. The normalized spacial score (nSPS) is 10.9. The summed E-state index contributed by atoms with van der Waals surface area (Å²) in [6.07, 6.45) is 0. The first kappa shape index (κ1) is 22.3. The molecule has 6 heteroatoms. The van der Waals surface area contributed by atoms with Crippen molar-refractivity contribution in [3.63, 3.8) is 0 Å². The fraction of sp³-hybridized carbons (Fsp3) is 0.364. The number of aromatic nitrogens is 1. The van der Waals surface area contributed by atoms with E-state index in [4.69, 9.17) is 4.98 Å². The number of amides is 1. The predicted molar refractivity (Wildman–Crippen MR) is 122 cm³/mol. The quantitative estimate of drug-likeness (QED) is 0.521. The molecule has 0 saturated heterocycles. The van der Waals surface area contributed by atoms with Crippen LogP contribution in [-0.2, 0) is 0 Å². The SMILES string of the molecule is CCN(CC)CCN(C(=O)c1ccc(C)cc1)c1nc2ccc(C)cc2s1.Cl. The molecule has 0 fully saturated rings. The molecule has 1 amide bonds. The number of thiazole rings is 1. The lowest BCUT2D eigenvalue weighted by Gasteiger charge is -2.24. The molecule has 1 aromatic heterocycles. The number of hydrogen-bond donors (Lipinski definition) is 0. The molecule has 3 aromatic rings. The molecule has 4 nitrogen and oxygen atoms in total. The average molecular weight is 418 g/mol. The van der Waals surface area contributed by atoms with Crippen molar-refractivity contribution < 1.29 is 4.79 Å². The zero-order chi connectivity index (χ0) is 19.4. The Morgan fingerprint density at radius 2 is 1.61 bits per heavy atom. The van der Waals surface area contributed by atoms with Gasteiger partial charge in [-0.2, -0.15) is 0 Å². The van der Waals surface area contributed by atoms with Crippen molar-refractivity contribution in [3.8, 4) is 0 Å². The second-order valence-corrected chi connectivity index (χ2v) is 7.83. The first-order valence-electron chi connectivity index (χ1n) is 9.50.